The van der Waals surface area contributed by atoms with E-state index in [1.165, 1.54) is 10.4 Å². The molecule has 1 atom stereocenters. The first-order valence-electron chi connectivity index (χ1n) is 12.1. The van der Waals surface area contributed by atoms with Crippen molar-refractivity contribution in [3.05, 3.63) is 73.0 Å². The van der Waals surface area contributed by atoms with Gasteiger partial charge in [0.05, 0.1) is 16.6 Å². The van der Waals surface area contributed by atoms with Crippen LogP contribution in [0.25, 0.3) is 0 Å². The number of thiophene rings is 1. The zero-order valence-corrected chi connectivity index (χ0v) is 24.2. The molecule has 4 nitrogen and oxygen atoms in total. The van der Waals surface area contributed by atoms with Gasteiger partial charge < -0.3 is 9.47 Å². The first-order valence-corrected chi connectivity index (χ1v) is 14.1. The lowest BCUT2D eigenvalue weighted by atomic mass is 9.72. The lowest BCUT2D eigenvalue weighted by Gasteiger charge is -2.33. The second-order valence-electron chi connectivity index (χ2n) is 10.0. The molecule has 3 aromatic rings. The smallest absolute Gasteiger partial charge is 0.175 e. The summed E-state index contributed by atoms with van der Waals surface area (Å²) in [5.41, 5.74) is 3.93. The quantitative estimate of drug-likeness (QED) is 0.260. The molecule has 0 fully saturated rings. The molecule has 0 aliphatic heterocycles. The van der Waals surface area contributed by atoms with Crippen LogP contribution in [0.2, 0.25) is 5.02 Å². The molecule has 0 N–H and O–H groups in total. The fourth-order valence-electron chi connectivity index (χ4n) is 4.48. The van der Waals surface area contributed by atoms with Gasteiger partial charge in [0.1, 0.15) is 17.7 Å². The lowest BCUT2D eigenvalue weighted by Crippen LogP contribution is -2.26. The summed E-state index contributed by atoms with van der Waals surface area (Å²) in [6.07, 6.45) is 4.88. The number of benzene rings is 2. The Morgan fingerprint density at radius 3 is 2.72 bits per heavy atom. The van der Waals surface area contributed by atoms with Crippen molar-refractivity contribution < 1.29 is 9.47 Å². The molecule has 1 aliphatic rings. The van der Waals surface area contributed by atoms with Crippen molar-refractivity contribution in [2.75, 3.05) is 6.61 Å². The summed E-state index contributed by atoms with van der Waals surface area (Å²) in [5, 5.41) is 11.3. The van der Waals surface area contributed by atoms with Crippen LogP contribution in [-0.4, -0.2) is 12.8 Å². The van der Waals surface area contributed by atoms with E-state index in [2.05, 4.69) is 42.8 Å². The highest BCUT2D eigenvalue weighted by Gasteiger charge is 2.32. The average Bonchev–Trinajstić information content (AvgIpc) is 3.19. The number of nitriles is 1. The Morgan fingerprint density at radius 1 is 1.25 bits per heavy atom. The molecular weight excluding hydrogens is 556 g/mol. The highest BCUT2D eigenvalue weighted by Crippen LogP contribution is 2.45. The van der Waals surface area contributed by atoms with E-state index in [0.717, 1.165) is 45.4 Å². The van der Waals surface area contributed by atoms with Crippen LogP contribution >= 0.6 is 38.9 Å². The molecule has 1 aliphatic carbocycles. The predicted octanol–water partition coefficient (Wildman–Crippen LogP) is 8.91. The zero-order valence-electron chi connectivity index (χ0n) is 21.0. The van der Waals surface area contributed by atoms with Gasteiger partial charge in [-0.05, 0) is 82.8 Å². The van der Waals surface area contributed by atoms with Gasteiger partial charge in [0.2, 0.25) is 0 Å². The number of halogens is 2. The van der Waals surface area contributed by atoms with Gasteiger partial charge in [0.15, 0.2) is 11.5 Å². The minimum absolute atomic E-state index is 0.259. The molecule has 0 unspecified atom stereocenters. The van der Waals surface area contributed by atoms with Gasteiger partial charge in [-0.15, -0.1) is 11.3 Å². The molecule has 36 heavy (non-hydrogen) atoms. The lowest BCUT2D eigenvalue weighted by molar-refractivity contribution is 0.218. The fourth-order valence-corrected chi connectivity index (χ4v) is 6.47. The molecule has 2 aromatic carbocycles. The normalized spacial score (nSPS) is 15.5. The van der Waals surface area contributed by atoms with E-state index in [1.54, 1.807) is 17.6 Å². The maximum atomic E-state index is 9.88. The third kappa shape index (κ3) is 5.96. The number of rotatable bonds is 7. The van der Waals surface area contributed by atoms with Crippen LogP contribution in [0.5, 0.6) is 11.5 Å². The average molecular weight is 586 g/mol. The monoisotopic (exact) mass is 584 g/mol. The van der Waals surface area contributed by atoms with E-state index >= 15 is 0 Å². The zero-order chi connectivity index (χ0) is 25.9. The second kappa shape index (κ2) is 11.4. The molecule has 0 amide bonds. The molecule has 0 spiro atoms. The molecule has 4 rings (SSSR count). The van der Waals surface area contributed by atoms with Crippen LogP contribution in [0.15, 0.2) is 45.9 Å². The molecule has 188 valence electrons. The van der Waals surface area contributed by atoms with Crippen molar-refractivity contribution >= 4 is 50.1 Å². The van der Waals surface area contributed by atoms with Crippen LogP contribution in [0.1, 0.15) is 61.2 Å². The Kier molecular flexibility index (Phi) is 8.44. The van der Waals surface area contributed by atoms with Gasteiger partial charge in [-0.25, -0.2) is 4.99 Å². The van der Waals surface area contributed by atoms with Gasteiger partial charge in [-0.3, -0.25) is 0 Å². The number of fused-ring (bicyclic) bond motifs is 1. The van der Waals surface area contributed by atoms with Crippen LogP contribution in [0, 0.1) is 22.7 Å². The van der Waals surface area contributed by atoms with Gasteiger partial charge >= 0.3 is 0 Å². The van der Waals surface area contributed by atoms with Crippen LogP contribution < -0.4 is 9.47 Å². The molecule has 0 bridgehead atoms. The number of hydrogen-bond donors (Lipinski definition) is 0. The third-order valence-corrected chi connectivity index (χ3v) is 8.70. The van der Waals surface area contributed by atoms with Crippen molar-refractivity contribution in [3.8, 4) is 17.6 Å². The molecule has 1 heterocycles. The van der Waals surface area contributed by atoms with E-state index in [0.29, 0.717) is 35.7 Å². The minimum Gasteiger partial charge on any atom is -0.490 e. The van der Waals surface area contributed by atoms with Crippen LogP contribution in [0.3, 0.4) is 0 Å². The Hall–Kier alpha value is -2.33. The summed E-state index contributed by atoms with van der Waals surface area (Å²) in [6, 6.07) is 13.9. The van der Waals surface area contributed by atoms with E-state index in [4.69, 9.17) is 26.1 Å². The Bertz CT molecular complexity index is 1320. The number of nitrogens with zero attached hydrogens (tertiary/aromatic N) is 2. The molecular formula is C29H30BrClN2O2S. The SMILES string of the molecule is CCOc1cc(C=Nc2sc3c(c2C#N)CC[C@H](C(C)(C)C)C3)cc(Br)c1OCc1ccccc1Cl. The highest BCUT2D eigenvalue weighted by atomic mass is 79.9. The topological polar surface area (TPSA) is 54.6 Å². The number of aliphatic imine (C=N–C) groups is 1. The van der Waals surface area contributed by atoms with Crippen molar-refractivity contribution in [1.29, 1.82) is 5.26 Å². The first kappa shape index (κ1) is 26.7. The Balaban J connectivity index is 1.59. The summed E-state index contributed by atoms with van der Waals surface area (Å²) < 4.78 is 12.7. The van der Waals surface area contributed by atoms with Gasteiger partial charge in [0, 0.05) is 21.7 Å². The fraction of sp³-hybridized carbons (Fsp3) is 0.379. The van der Waals surface area contributed by atoms with E-state index in [1.807, 2.05) is 43.3 Å². The summed E-state index contributed by atoms with van der Waals surface area (Å²) in [6.45, 7) is 9.67. The minimum atomic E-state index is 0.259. The molecule has 0 saturated carbocycles. The van der Waals surface area contributed by atoms with Gasteiger partial charge in [0.25, 0.3) is 0 Å². The van der Waals surface area contributed by atoms with Crippen molar-refractivity contribution in [2.45, 2.75) is 53.6 Å². The van der Waals surface area contributed by atoms with E-state index in [-0.39, 0.29) is 5.41 Å². The summed E-state index contributed by atoms with van der Waals surface area (Å²) in [4.78, 5) is 6.06. The second-order valence-corrected chi connectivity index (χ2v) is 12.3. The largest absolute Gasteiger partial charge is 0.490 e. The Labute approximate surface area is 231 Å². The maximum absolute atomic E-state index is 9.88. The highest BCUT2D eigenvalue weighted by molar-refractivity contribution is 9.10. The third-order valence-electron chi connectivity index (χ3n) is 6.58. The first-order chi connectivity index (χ1) is 17.2. The van der Waals surface area contributed by atoms with E-state index in [9.17, 15) is 5.26 Å². The summed E-state index contributed by atoms with van der Waals surface area (Å²) in [5.74, 6) is 1.86. The van der Waals surface area contributed by atoms with Crippen LogP contribution in [-0.2, 0) is 19.4 Å². The molecule has 0 radical (unpaired) electrons. The van der Waals surface area contributed by atoms with Gasteiger partial charge in [-0.2, -0.15) is 5.26 Å². The van der Waals surface area contributed by atoms with Crippen molar-refractivity contribution in [3.63, 3.8) is 0 Å². The van der Waals surface area contributed by atoms with Crippen molar-refractivity contribution in [2.24, 2.45) is 16.3 Å². The number of ether oxygens (including phenoxy) is 2. The van der Waals surface area contributed by atoms with Gasteiger partial charge in [-0.1, -0.05) is 50.6 Å². The maximum Gasteiger partial charge on any atom is 0.175 e. The predicted molar refractivity (Wildman–Crippen MR) is 152 cm³/mol. The van der Waals surface area contributed by atoms with E-state index < -0.39 is 0 Å². The standard InChI is InChI=1S/C29H30BrClN2O2S/c1-5-34-25-13-18(12-23(30)27(25)35-17-19-8-6-7-9-24(19)31)16-33-28-22(15-32)21-11-10-20(29(2,3)4)14-26(21)36-28/h6-9,12-13,16,20H,5,10-11,14,17H2,1-4H3/t20-/m0/s1. The summed E-state index contributed by atoms with van der Waals surface area (Å²) in [7, 11) is 0. The molecule has 7 heteroatoms. The Morgan fingerprint density at radius 2 is 2.03 bits per heavy atom. The summed E-state index contributed by atoms with van der Waals surface area (Å²) >= 11 is 11.6. The molecule has 0 saturated heterocycles. The van der Waals surface area contributed by atoms with Crippen LogP contribution in [0.4, 0.5) is 5.00 Å². The molecule has 1 aromatic heterocycles. The number of hydrogen-bond acceptors (Lipinski definition) is 5. The van der Waals surface area contributed by atoms with Crippen molar-refractivity contribution in [1.82, 2.24) is 0 Å².